The molecular weight excluding hydrogens is 264 g/mol. The third kappa shape index (κ3) is 3.59. The van der Waals surface area contributed by atoms with Gasteiger partial charge in [0.1, 0.15) is 5.75 Å². The zero-order chi connectivity index (χ0) is 13.1. The van der Waals surface area contributed by atoms with Crippen molar-refractivity contribution in [3.63, 3.8) is 0 Å². The molecule has 0 bridgehead atoms. The van der Waals surface area contributed by atoms with Crippen molar-refractivity contribution >= 4 is 17.4 Å². The second-order valence-electron chi connectivity index (χ2n) is 3.05. The minimum Gasteiger partial charge on any atom is -0.428 e. The fourth-order valence-electron chi connectivity index (χ4n) is 0.988. The SMILES string of the molecule is O=C(CCl)c1ccc(OC(F)(F)C(F)F)cc1. The molecule has 0 spiro atoms. The van der Waals surface area contributed by atoms with E-state index in [0.29, 0.717) is 0 Å². The predicted molar refractivity (Wildman–Crippen MR) is 53.1 cm³/mol. The Hall–Kier alpha value is -1.30. The van der Waals surface area contributed by atoms with Gasteiger partial charge in [0.05, 0.1) is 5.88 Å². The van der Waals surface area contributed by atoms with Crippen molar-refractivity contribution in [2.24, 2.45) is 0 Å². The highest BCUT2D eigenvalue weighted by molar-refractivity contribution is 6.30. The van der Waals surface area contributed by atoms with Crippen LogP contribution in [0.15, 0.2) is 24.3 Å². The summed E-state index contributed by atoms with van der Waals surface area (Å²) in [5.41, 5.74) is 0.188. The van der Waals surface area contributed by atoms with Crippen molar-refractivity contribution in [2.45, 2.75) is 12.5 Å². The van der Waals surface area contributed by atoms with Gasteiger partial charge in [0.25, 0.3) is 0 Å². The Morgan fingerprint density at radius 1 is 1.29 bits per heavy atom. The van der Waals surface area contributed by atoms with E-state index in [-0.39, 0.29) is 11.4 Å². The number of hydrogen-bond acceptors (Lipinski definition) is 2. The number of ether oxygens (including phenoxy) is 1. The van der Waals surface area contributed by atoms with Crippen LogP contribution in [0.5, 0.6) is 5.75 Å². The zero-order valence-corrected chi connectivity index (χ0v) is 9.06. The van der Waals surface area contributed by atoms with E-state index < -0.39 is 24.1 Å². The highest BCUT2D eigenvalue weighted by Crippen LogP contribution is 2.27. The lowest BCUT2D eigenvalue weighted by molar-refractivity contribution is -0.253. The number of Topliss-reactive ketones (excluding diaryl/α,β-unsaturated/α-hetero) is 1. The molecule has 1 aromatic carbocycles. The minimum absolute atomic E-state index is 0.188. The summed E-state index contributed by atoms with van der Waals surface area (Å²) in [4.78, 5) is 11.1. The first-order valence-corrected chi connectivity index (χ1v) is 4.94. The molecule has 94 valence electrons. The Balaban J connectivity index is 2.79. The van der Waals surface area contributed by atoms with Crippen molar-refractivity contribution in [2.75, 3.05) is 5.88 Å². The van der Waals surface area contributed by atoms with Crippen molar-refractivity contribution in [3.05, 3.63) is 29.8 Å². The molecule has 0 amide bonds. The molecular formula is C10H7ClF4O2. The summed E-state index contributed by atoms with van der Waals surface area (Å²) in [6.07, 6.45) is -8.48. The van der Waals surface area contributed by atoms with E-state index in [1.807, 2.05) is 0 Å². The average Bonchev–Trinajstić information content (AvgIpc) is 2.28. The van der Waals surface area contributed by atoms with E-state index >= 15 is 0 Å². The quantitative estimate of drug-likeness (QED) is 0.466. The fraction of sp³-hybridized carbons (Fsp3) is 0.300. The number of halogens is 5. The average molecular weight is 271 g/mol. The van der Waals surface area contributed by atoms with Gasteiger partial charge in [-0.05, 0) is 24.3 Å². The molecule has 7 heteroatoms. The molecule has 0 fully saturated rings. The van der Waals surface area contributed by atoms with Gasteiger partial charge in [-0.3, -0.25) is 4.79 Å². The minimum atomic E-state index is -4.56. The number of alkyl halides is 5. The standard InChI is InChI=1S/C10H7ClF4O2/c11-5-8(16)6-1-3-7(4-2-6)17-10(14,15)9(12)13/h1-4,9H,5H2. The third-order valence-corrected chi connectivity index (χ3v) is 2.05. The summed E-state index contributed by atoms with van der Waals surface area (Å²) < 4.78 is 52.4. The van der Waals surface area contributed by atoms with Crippen LogP contribution in [0.4, 0.5) is 17.6 Å². The Bertz CT molecular complexity index is 392. The topological polar surface area (TPSA) is 26.3 Å². The van der Waals surface area contributed by atoms with E-state index in [4.69, 9.17) is 11.6 Å². The maximum Gasteiger partial charge on any atom is 0.461 e. The Labute approximate surface area is 99.1 Å². The summed E-state index contributed by atoms with van der Waals surface area (Å²) in [5, 5.41) is 0. The van der Waals surface area contributed by atoms with Gasteiger partial charge in [0.15, 0.2) is 5.78 Å². The normalized spacial score (nSPS) is 11.6. The number of carbonyl (C=O) groups excluding carboxylic acids is 1. The maximum atomic E-state index is 12.5. The predicted octanol–water partition coefficient (Wildman–Crippen LogP) is 3.34. The fourth-order valence-corrected chi connectivity index (χ4v) is 1.14. The molecule has 0 unspecified atom stereocenters. The number of ketones is 1. The number of hydrogen-bond donors (Lipinski definition) is 0. The van der Waals surface area contributed by atoms with Crippen LogP contribution in [0.1, 0.15) is 10.4 Å². The van der Waals surface area contributed by atoms with Gasteiger partial charge >= 0.3 is 12.5 Å². The first-order chi connectivity index (χ1) is 7.86. The van der Waals surface area contributed by atoms with Crippen LogP contribution in [-0.4, -0.2) is 24.2 Å². The summed E-state index contributed by atoms with van der Waals surface area (Å²) in [7, 11) is 0. The zero-order valence-electron chi connectivity index (χ0n) is 8.30. The molecule has 0 saturated carbocycles. The Morgan fingerprint density at radius 3 is 2.24 bits per heavy atom. The van der Waals surface area contributed by atoms with Crippen LogP contribution >= 0.6 is 11.6 Å². The largest absolute Gasteiger partial charge is 0.461 e. The highest BCUT2D eigenvalue weighted by Gasteiger charge is 2.43. The van der Waals surface area contributed by atoms with Gasteiger partial charge in [-0.25, -0.2) is 0 Å². The van der Waals surface area contributed by atoms with Crippen LogP contribution in [0.2, 0.25) is 0 Å². The summed E-state index contributed by atoms with van der Waals surface area (Å²) in [5.74, 6) is -1.12. The molecule has 0 aromatic heterocycles. The summed E-state index contributed by atoms with van der Waals surface area (Å²) in [6, 6.07) is 4.33. The van der Waals surface area contributed by atoms with E-state index in [1.54, 1.807) is 0 Å². The maximum absolute atomic E-state index is 12.5. The third-order valence-electron chi connectivity index (χ3n) is 1.81. The van der Waals surface area contributed by atoms with E-state index in [0.717, 1.165) is 12.1 Å². The van der Waals surface area contributed by atoms with Crippen LogP contribution in [0.3, 0.4) is 0 Å². The molecule has 17 heavy (non-hydrogen) atoms. The first-order valence-electron chi connectivity index (χ1n) is 4.41. The lowest BCUT2D eigenvalue weighted by Gasteiger charge is -2.16. The van der Waals surface area contributed by atoms with Crippen LogP contribution in [-0.2, 0) is 0 Å². The Morgan fingerprint density at radius 2 is 1.82 bits per heavy atom. The van der Waals surface area contributed by atoms with Crippen LogP contribution < -0.4 is 4.74 Å². The van der Waals surface area contributed by atoms with Gasteiger partial charge in [-0.2, -0.15) is 17.6 Å². The Kier molecular flexibility index (Phi) is 4.34. The molecule has 0 heterocycles. The molecule has 0 atom stereocenters. The van der Waals surface area contributed by atoms with Crippen LogP contribution in [0, 0.1) is 0 Å². The van der Waals surface area contributed by atoms with Gasteiger partial charge in [-0.15, -0.1) is 11.6 Å². The van der Waals surface area contributed by atoms with Gasteiger partial charge in [-0.1, -0.05) is 0 Å². The van der Waals surface area contributed by atoms with E-state index in [1.165, 1.54) is 12.1 Å². The summed E-state index contributed by atoms with van der Waals surface area (Å²) in [6.45, 7) is 0. The smallest absolute Gasteiger partial charge is 0.428 e. The lowest BCUT2D eigenvalue weighted by atomic mass is 10.1. The molecule has 1 aromatic rings. The van der Waals surface area contributed by atoms with Gasteiger partial charge in [0.2, 0.25) is 0 Å². The lowest BCUT2D eigenvalue weighted by Crippen LogP contribution is -2.33. The number of rotatable bonds is 5. The van der Waals surface area contributed by atoms with Gasteiger partial charge in [0, 0.05) is 5.56 Å². The molecule has 0 aliphatic carbocycles. The van der Waals surface area contributed by atoms with E-state index in [9.17, 15) is 22.4 Å². The van der Waals surface area contributed by atoms with Crippen molar-refractivity contribution < 1.29 is 27.1 Å². The van der Waals surface area contributed by atoms with Crippen molar-refractivity contribution in [3.8, 4) is 5.75 Å². The second kappa shape index (κ2) is 5.35. The molecule has 0 radical (unpaired) electrons. The molecule has 0 aliphatic heterocycles. The molecule has 0 aliphatic rings. The van der Waals surface area contributed by atoms with Crippen molar-refractivity contribution in [1.82, 2.24) is 0 Å². The highest BCUT2D eigenvalue weighted by atomic mass is 35.5. The molecule has 0 N–H and O–H groups in total. The van der Waals surface area contributed by atoms with Crippen LogP contribution in [0.25, 0.3) is 0 Å². The number of benzene rings is 1. The monoisotopic (exact) mass is 270 g/mol. The molecule has 0 saturated heterocycles. The van der Waals surface area contributed by atoms with Gasteiger partial charge < -0.3 is 4.74 Å². The number of carbonyl (C=O) groups is 1. The molecule has 2 nitrogen and oxygen atoms in total. The summed E-state index contributed by atoms with van der Waals surface area (Å²) >= 11 is 5.27. The van der Waals surface area contributed by atoms with Crippen molar-refractivity contribution in [1.29, 1.82) is 0 Å². The molecule has 1 rings (SSSR count). The first kappa shape index (κ1) is 13.8. The van der Waals surface area contributed by atoms with E-state index in [2.05, 4.69) is 4.74 Å². The second-order valence-corrected chi connectivity index (χ2v) is 3.31.